The zero-order valence-corrected chi connectivity index (χ0v) is 35.6. The average Bonchev–Trinajstić information content (AvgIpc) is 3.90. The van der Waals surface area contributed by atoms with Crippen molar-refractivity contribution in [3.63, 3.8) is 0 Å². The highest BCUT2D eigenvalue weighted by molar-refractivity contribution is 6.14. The normalized spacial score (nSPS) is 16.1. The SMILES string of the molecule is CC1(C)N=c2cccc(N(c3ccc(-c4cccc5c4ccc4ccccc45)c4c3=NC(C)(C)N=4)c3ccc(-c4cc5ccccc5c5ccccc45)c4c3=NC(C)(C)N=4)c2=N1. The first-order chi connectivity index (χ1) is 29.9. The Morgan fingerprint density at radius 2 is 0.774 bits per heavy atom. The first kappa shape index (κ1) is 36.5. The molecule has 12 rings (SSSR count). The molecule has 9 aromatic carbocycles. The molecular formula is C55H43N7. The number of benzene rings is 9. The van der Waals surface area contributed by atoms with Gasteiger partial charge in [-0.3, -0.25) is 30.0 Å². The van der Waals surface area contributed by atoms with Crippen molar-refractivity contribution in [2.24, 2.45) is 30.0 Å². The van der Waals surface area contributed by atoms with Gasteiger partial charge >= 0.3 is 0 Å². The molecule has 0 atom stereocenters. The maximum absolute atomic E-state index is 5.44. The second-order valence-electron chi connectivity index (χ2n) is 18.2. The van der Waals surface area contributed by atoms with Crippen molar-refractivity contribution < 1.29 is 0 Å². The van der Waals surface area contributed by atoms with E-state index in [-0.39, 0.29) is 0 Å². The van der Waals surface area contributed by atoms with Gasteiger partial charge in [0.2, 0.25) is 0 Å². The van der Waals surface area contributed by atoms with Crippen LogP contribution in [0.25, 0.3) is 65.3 Å². The third kappa shape index (κ3) is 5.57. The van der Waals surface area contributed by atoms with Crippen LogP contribution in [0, 0.1) is 0 Å². The fraction of sp³-hybridized carbons (Fsp3) is 0.164. The monoisotopic (exact) mass is 801 g/mol. The second kappa shape index (κ2) is 12.8. The molecule has 9 aromatic rings. The smallest absolute Gasteiger partial charge is 0.146 e. The minimum atomic E-state index is -0.697. The number of nitrogens with zero attached hydrogens (tertiary/aromatic N) is 7. The molecule has 7 nitrogen and oxygen atoms in total. The van der Waals surface area contributed by atoms with E-state index in [2.05, 4.69) is 198 Å². The van der Waals surface area contributed by atoms with Crippen LogP contribution in [-0.4, -0.2) is 17.0 Å². The molecule has 0 radical (unpaired) electrons. The van der Waals surface area contributed by atoms with E-state index in [0.29, 0.717) is 0 Å². The molecule has 0 amide bonds. The second-order valence-corrected chi connectivity index (χ2v) is 18.2. The molecule has 0 spiro atoms. The third-order valence-electron chi connectivity index (χ3n) is 12.4. The molecule has 3 aliphatic rings. The van der Waals surface area contributed by atoms with E-state index in [4.69, 9.17) is 30.0 Å². The van der Waals surface area contributed by atoms with Crippen LogP contribution < -0.4 is 37.0 Å². The van der Waals surface area contributed by atoms with Crippen molar-refractivity contribution in [2.45, 2.75) is 58.5 Å². The Bertz CT molecular complexity index is 3860. The highest BCUT2D eigenvalue weighted by Gasteiger charge is 2.31. The van der Waals surface area contributed by atoms with Crippen molar-refractivity contribution >= 4 is 60.2 Å². The Morgan fingerprint density at radius 3 is 1.45 bits per heavy atom. The standard InChI is InChI=1S/C55H43N7/c1-53(2)56-44-23-14-24-45(50(44)59-53)62(46-29-27-41(48-51(46)60-54(3,4)57-48)38-22-13-21-37-34-17-9-7-15-32(34)25-26-40(37)38)47-30-28-42(49-52(47)61-55(5,6)58-49)43-31-33-16-8-10-18-35(33)36-19-11-12-20-39(36)43/h7-31H,1-6H3. The first-order valence-corrected chi connectivity index (χ1v) is 21.4. The molecule has 3 heterocycles. The van der Waals surface area contributed by atoms with Crippen LogP contribution in [0.3, 0.4) is 0 Å². The largest absolute Gasteiger partial charge is 0.304 e. The Hall–Kier alpha value is -7.38. The van der Waals surface area contributed by atoms with Crippen LogP contribution in [0.2, 0.25) is 0 Å². The lowest BCUT2D eigenvalue weighted by Gasteiger charge is -2.26. The fourth-order valence-electron chi connectivity index (χ4n) is 9.96. The molecule has 7 heteroatoms. The number of hydrogen-bond donors (Lipinski definition) is 0. The number of rotatable bonds is 5. The molecule has 0 saturated heterocycles. The molecule has 298 valence electrons. The Morgan fingerprint density at radius 1 is 0.306 bits per heavy atom. The lowest BCUT2D eigenvalue weighted by Crippen LogP contribution is -2.38. The van der Waals surface area contributed by atoms with Gasteiger partial charge in [0.15, 0.2) is 0 Å². The molecule has 3 aliphatic heterocycles. The summed E-state index contributed by atoms with van der Waals surface area (Å²) in [7, 11) is 0. The van der Waals surface area contributed by atoms with E-state index in [1.54, 1.807) is 0 Å². The van der Waals surface area contributed by atoms with Gasteiger partial charge in [-0.2, -0.15) is 0 Å². The Balaban J connectivity index is 1.16. The lowest BCUT2D eigenvalue weighted by molar-refractivity contribution is 0.549. The van der Waals surface area contributed by atoms with Gasteiger partial charge in [0.05, 0.1) is 33.1 Å². The highest BCUT2D eigenvalue weighted by Crippen LogP contribution is 2.38. The first-order valence-electron chi connectivity index (χ1n) is 21.4. The molecule has 62 heavy (non-hydrogen) atoms. The van der Waals surface area contributed by atoms with E-state index in [1.165, 1.54) is 43.1 Å². The molecule has 0 bridgehead atoms. The summed E-state index contributed by atoms with van der Waals surface area (Å²) >= 11 is 0. The Kier molecular flexibility index (Phi) is 7.54. The maximum Gasteiger partial charge on any atom is 0.146 e. The Labute approximate surface area is 358 Å². The summed E-state index contributed by atoms with van der Waals surface area (Å²) in [4.78, 5) is 34.2. The molecule has 0 aromatic heterocycles. The van der Waals surface area contributed by atoms with Crippen LogP contribution in [0.4, 0.5) is 17.1 Å². The molecular weight excluding hydrogens is 759 g/mol. The topological polar surface area (TPSA) is 77.4 Å². The van der Waals surface area contributed by atoms with Crippen LogP contribution >= 0.6 is 0 Å². The predicted octanol–water partition coefficient (Wildman–Crippen LogP) is 10.1. The van der Waals surface area contributed by atoms with E-state index in [0.717, 1.165) is 71.5 Å². The minimum Gasteiger partial charge on any atom is -0.304 e. The van der Waals surface area contributed by atoms with E-state index in [9.17, 15) is 0 Å². The van der Waals surface area contributed by atoms with E-state index in [1.807, 2.05) is 0 Å². The molecule has 0 saturated carbocycles. The summed E-state index contributed by atoms with van der Waals surface area (Å²) < 4.78 is 0. The van der Waals surface area contributed by atoms with Gasteiger partial charge in [-0.15, -0.1) is 0 Å². The summed E-state index contributed by atoms with van der Waals surface area (Å²) in [6.45, 7) is 12.4. The zero-order chi connectivity index (χ0) is 42.1. The summed E-state index contributed by atoms with van der Waals surface area (Å²) in [5, 5.41) is 14.7. The van der Waals surface area contributed by atoms with Crippen molar-refractivity contribution in [3.05, 3.63) is 184 Å². The predicted molar refractivity (Wildman–Crippen MR) is 251 cm³/mol. The highest BCUT2D eigenvalue weighted by atomic mass is 15.2. The van der Waals surface area contributed by atoms with Crippen LogP contribution in [-0.2, 0) is 0 Å². The number of fused-ring (bicyclic) bond motifs is 9. The molecule has 0 N–H and O–H groups in total. The molecule has 0 unspecified atom stereocenters. The fourth-order valence-corrected chi connectivity index (χ4v) is 9.96. The number of anilines is 3. The summed E-state index contributed by atoms with van der Waals surface area (Å²) in [6.07, 6.45) is 0. The number of para-hydroxylation sites is 1. The number of hydrogen-bond acceptors (Lipinski definition) is 7. The van der Waals surface area contributed by atoms with E-state index >= 15 is 0 Å². The zero-order valence-electron chi connectivity index (χ0n) is 35.6. The summed E-state index contributed by atoms with van der Waals surface area (Å²) in [5.74, 6) is 0. The molecule has 0 aliphatic carbocycles. The third-order valence-corrected chi connectivity index (χ3v) is 12.4. The van der Waals surface area contributed by atoms with Gasteiger partial charge in [-0.25, -0.2) is 0 Å². The average molecular weight is 802 g/mol. The summed E-state index contributed by atoms with van der Waals surface area (Å²) in [5.41, 5.74) is 5.02. The summed E-state index contributed by atoms with van der Waals surface area (Å²) in [6, 6.07) is 54.4. The van der Waals surface area contributed by atoms with Gasteiger partial charge in [-0.1, -0.05) is 109 Å². The minimum absolute atomic E-state index is 0.610. The lowest BCUT2D eigenvalue weighted by atomic mass is 9.92. The van der Waals surface area contributed by atoms with Crippen LogP contribution in [0.5, 0.6) is 0 Å². The maximum atomic E-state index is 5.44. The van der Waals surface area contributed by atoms with Gasteiger partial charge in [0, 0.05) is 11.1 Å². The van der Waals surface area contributed by atoms with Crippen LogP contribution in [0.1, 0.15) is 41.5 Å². The quantitative estimate of drug-likeness (QED) is 0.160. The van der Waals surface area contributed by atoms with E-state index < -0.39 is 17.0 Å². The van der Waals surface area contributed by atoms with Crippen molar-refractivity contribution in [2.75, 3.05) is 4.90 Å². The van der Waals surface area contributed by atoms with Gasteiger partial charge < -0.3 is 4.90 Å². The van der Waals surface area contributed by atoms with Crippen molar-refractivity contribution in [1.82, 2.24) is 0 Å². The van der Waals surface area contributed by atoms with Crippen LogP contribution in [0.15, 0.2) is 182 Å². The van der Waals surface area contributed by atoms with Gasteiger partial charge in [0.1, 0.15) is 33.1 Å². The van der Waals surface area contributed by atoms with Gasteiger partial charge in [-0.05, 0) is 138 Å². The van der Waals surface area contributed by atoms with Crippen molar-refractivity contribution in [1.29, 1.82) is 0 Å². The van der Waals surface area contributed by atoms with Crippen molar-refractivity contribution in [3.8, 4) is 22.3 Å². The molecule has 0 fully saturated rings. The van der Waals surface area contributed by atoms with Gasteiger partial charge in [0.25, 0.3) is 0 Å².